The molecule has 2 atom stereocenters. The monoisotopic (exact) mass is 402 g/mol. The quantitative estimate of drug-likeness (QED) is 0.456. The van der Waals surface area contributed by atoms with Gasteiger partial charge in [-0.2, -0.15) is 0 Å². The zero-order valence-corrected chi connectivity index (χ0v) is 16.1. The van der Waals surface area contributed by atoms with E-state index in [0.29, 0.717) is 18.5 Å². The molecule has 0 aliphatic carbocycles. The predicted octanol–water partition coefficient (Wildman–Crippen LogP) is 1.22. The molecule has 4 amide bonds. The summed E-state index contributed by atoms with van der Waals surface area (Å²) in [4.78, 5) is 52.8. The number of anilines is 1. The van der Waals surface area contributed by atoms with E-state index in [1.807, 2.05) is 4.90 Å². The van der Waals surface area contributed by atoms with Gasteiger partial charge < -0.3 is 9.64 Å². The molecule has 10 heteroatoms. The van der Waals surface area contributed by atoms with E-state index < -0.39 is 34.2 Å². The number of imide groups is 2. The van der Waals surface area contributed by atoms with Crippen LogP contribution in [0.25, 0.3) is 0 Å². The van der Waals surface area contributed by atoms with Crippen LogP contribution in [0.1, 0.15) is 24.8 Å². The zero-order valence-electron chi connectivity index (χ0n) is 16.1. The smallest absolute Gasteiger partial charge is 0.330 e. The number of hydrogen-bond donors (Lipinski definition) is 1. The predicted molar refractivity (Wildman–Crippen MR) is 101 cm³/mol. The van der Waals surface area contributed by atoms with E-state index in [1.54, 1.807) is 6.07 Å². The van der Waals surface area contributed by atoms with Gasteiger partial charge in [0, 0.05) is 37.9 Å². The number of carbonyl (C=O) groups is 3. The highest BCUT2D eigenvalue weighted by atomic mass is 16.6. The number of nitro benzene ring substituents is 1. The molecule has 1 spiro atoms. The molecular weight excluding hydrogens is 380 g/mol. The number of fused-ring (bicyclic) bond motifs is 4. The number of nitrogens with zero attached hydrogens (tertiary/aromatic N) is 3. The van der Waals surface area contributed by atoms with Crippen molar-refractivity contribution in [3.05, 3.63) is 33.9 Å². The highest BCUT2D eigenvalue weighted by molar-refractivity contribution is 6.20. The first kappa shape index (κ1) is 19.3. The van der Waals surface area contributed by atoms with Gasteiger partial charge in [0.05, 0.1) is 24.1 Å². The van der Waals surface area contributed by atoms with Gasteiger partial charge in [0.15, 0.2) is 5.41 Å². The number of carbonyl (C=O) groups excluding carboxylic acids is 3. The summed E-state index contributed by atoms with van der Waals surface area (Å²) in [6.07, 6.45) is 2.40. The molecule has 3 aliphatic heterocycles. The van der Waals surface area contributed by atoms with Crippen molar-refractivity contribution in [1.29, 1.82) is 0 Å². The Kier molecular flexibility index (Phi) is 4.73. The van der Waals surface area contributed by atoms with Crippen LogP contribution in [0.3, 0.4) is 0 Å². The second kappa shape index (κ2) is 7.11. The molecule has 0 aromatic heterocycles. The highest BCUT2D eigenvalue weighted by Crippen LogP contribution is 2.48. The Labute approximate surface area is 166 Å². The number of hydrogen-bond acceptors (Lipinski definition) is 7. The Morgan fingerprint density at radius 3 is 2.83 bits per heavy atom. The number of nitro groups is 1. The molecule has 0 unspecified atom stereocenters. The van der Waals surface area contributed by atoms with Gasteiger partial charge in [-0.3, -0.25) is 29.9 Å². The van der Waals surface area contributed by atoms with E-state index >= 15 is 0 Å². The van der Waals surface area contributed by atoms with Crippen molar-refractivity contribution in [2.24, 2.45) is 5.41 Å². The van der Waals surface area contributed by atoms with Crippen molar-refractivity contribution in [2.45, 2.75) is 31.7 Å². The molecule has 2 saturated heterocycles. The Hall–Kier alpha value is -3.01. The van der Waals surface area contributed by atoms with Crippen molar-refractivity contribution in [3.63, 3.8) is 0 Å². The van der Waals surface area contributed by atoms with Gasteiger partial charge in [-0.1, -0.05) is 0 Å². The van der Waals surface area contributed by atoms with Gasteiger partial charge in [0.25, 0.3) is 5.69 Å². The lowest BCUT2D eigenvalue weighted by atomic mass is 9.66. The number of urea groups is 1. The minimum atomic E-state index is -1.50. The van der Waals surface area contributed by atoms with Crippen LogP contribution in [0, 0.1) is 15.5 Å². The van der Waals surface area contributed by atoms with Crippen molar-refractivity contribution in [2.75, 3.05) is 31.7 Å². The number of methoxy groups -OCH3 is 1. The fourth-order valence-corrected chi connectivity index (χ4v) is 4.80. The topological polar surface area (TPSA) is 122 Å². The first-order valence-electron chi connectivity index (χ1n) is 9.60. The maximum Gasteiger partial charge on any atom is 0.330 e. The van der Waals surface area contributed by atoms with Crippen molar-refractivity contribution in [3.8, 4) is 0 Å². The Bertz CT molecular complexity index is 903. The molecule has 29 heavy (non-hydrogen) atoms. The van der Waals surface area contributed by atoms with Crippen LogP contribution in [-0.2, 0) is 20.7 Å². The molecule has 0 bridgehead atoms. The van der Waals surface area contributed by atoms with Crippen LogP contribution < -0.4 is 10.2 Å². The van der Waals surface area contributed by atoms with Crippen molar-refractivity contribution in [1.82, 2.24) is 10.2 Å². The first-order chi connectivity index (χ1) is 13.9. The van der Waals surface area contributed by atoms with E-state index in [2.05, 4.69) is 5.32 Å². The fraction of sp³-hybridized carbons (Fsp3) is 0.526. The summed E-state index contributed by atoms with van der Waals surface area (Å²) in [5.41, 5.74) is -0.205. The van der Waals surface area contributed by atoms with E-state index in [1.165, 1.54) is 19.2 Å². The third-order valence-corrected chi connectivity index (χ3v) is 6.14. The van der Waals surface area contributed by atoms with Crippen LogP contribution in [0.15, 0.2) is 18.2 Å². The third-order valence-electron chi connectivity index (χ3n) is 6.14. The molecule has 2 fully saturated rings. The average molecular weight is 402 g/mol. The molecule has 10 nitrogen and oxygen atoms in total. The minimum absolute atomic E-state index is 0.0204. The maximum atomic E-state index is 13.5. The van der Waals surface area contributed by atoms with Crippen LogP contribution in [0.5, 0.6) is 0 Å². The van der Waals surface area contributed by atoms with E-state index in [0.717, 1.165) is 23.4 Å². The normalized spacial score (nSPS) is 26.2. The SMILES string of the molecule is COCCN1C(=O)NC(=O)[C@]2(Cc3cc([N+](=O)[O-])ccc3N3CCCC[C@H]32)C1=O. The number of nitrogens with one attached hydrogen (secondary N) is 1. The molecule has 1 N–H and O–H groups in total. The summed E-state index contributed by atoms with van der Waals surface area (Å²) in [5.74, 6) is -1.19. The number of barbiturate groups is 1. The molecule has 3 aliphatic rings. The van der Waals surface area contributed by atoms with E-state index in [9.17, 15) is 24.5 Å². The highest BCUT2D eigenvalue weighted by Gasteiger charge is 2.62. The summed E-state index contributed by atoms with van der Waals surface area (Å²) < 4.78 is 5.00. The largest absolute Gasteiger partial charge is 0.383 e. The van der Waals surface area contributed by atoms with E-state index in [-0.39, 0.29) is 25.3 Å². The first-order valence-corrected chi connectivity index (χ1v) is 9.60. The van der Waals surface area contributed by atoms with Gasteiger partial charge >= 0.3 is 6.03 Å². The minimum Gasteiger partial charge on any atom is -0.383 e. The standard InChI is InChI=1S/C19H22N4O6/c1-29-9-8-22-17(25)19(16(24)20-18(22)26)11-12-10-13(23(27)28)5-6-14(12)21-7-3-2-4-15(19)21/h5-6,10,15H,2-4,7-9,11H2,1H3,(H,20,24,26)/t15-,19+/m0/s1. The van der Waals surface area contributed by atoms with Crippen molar-refractivity contribution < 1.29 is 24.0 Å². The summed E-state index contributed by atoms with van der Waals surface area (Å²) in [6.45, 7) is 0.828. The maximum absolute atomic E-state index is 13.5. The summed E-state index contributed by atoms with van der Waals surface area (Å²) in [6, 6.07) is 3.40. The lowest BCUT2D eigenvalue weighted by molar-refractivity contribution is -0.384. The van der Waals surface area contributed by atoms with Crippen molar-refractivity contribution >= 4 is 29.2 Å². The molecule has 0 saturated carbocycles. The van der Waals surface area contributed by atoms with Crippen LogP contribution >= 0.6 is 0 Å². The van der Waals surface area contributed by atoms with E-state index in [4.69, 9.17) is 4.74 Å². The Morgan fingerprint density at radius 2 is 2.10 bits per heavy atom. The lowest BCUT2D eigenvalue weighted by Gasteiger charge is -2.53. The van der Waals surface area contributed by atoms with Crippen LogP contribution in [0.4, 0.5) is 16.2 Å². The number of benzene rings is 1. The van der Waals surface area contributed by atoms with Gasteiger partial charge in [-0.05, 0) is 30.9 Å². The van der Waals surface area contributed by atoms with Gasteiger partial charge in [-0.25, -0.2) is 4.79 Å². The molecule has 1 aromatic rings. The molecular formula is C19H22N4O6. The van der Waals surface area contributed by atoms with Crippen LogP contribution in [-0.4, -0.2) is 60.5 Å². The number of amides is 4. The Morgan fingerprint density at radius 1 is 1.31 bits per heavy atom. The zero-order chi connectivity index (χ0) is 20.8. The Balaban J connectivity index is 1.83. The molecule has 3 heterocycles. The summed E-state index contributed by atoms with van der Waals surface area (Å²) >= 11 is 0. The number of rotatable bonds is 4. The molecule has 4 rings (SSSR count). The van der Waals surface area contributed by atoms with Gasteiger partial charge in [-0.15, -0.1) is 0 Å². The average Bonchev–Trinajstić information content (AvgIpc) is 2.71. The van der Waals surface area contributed by atoms with Gasteiger partial charge in [0.1, 0.15) is 0 Å². The molecule has 0 radical (unpaired) electrons. The fourth-order valence-electron chi connectivity index (χ4n) is 4.80. The third kappa shape index (κ3) is 2.86. The van der Waals surface area contributed by atoms with Gasteiger partial charge in [0.2, 0.25) is 11.8 Å². The van der Waals surface area contributed by atoms with Crippen LogP contribution in [0.2, 0.25) is 0 Å². The summed E-state index contributed by atoms with van der Waals surface area (Å²) in [7, 11) is 1.46. The number of ether oxygens (including phenoxy) is 1. The number of non-ortho nitro benzene ring substituents is 1. The molecule has 1 aromatic carbocycles. The second-order valence-electron chi connectivity index (χ2n) is 7.63. The molecule has 154 valence electrons. The second-order valence-corrected chi connectivity index (χ2v) is 7.63. The summed E-state index contributed by atoms with van der Waals surface area (Å²) in [5, 5.41) is 13.6. The lowest BCUT2D eigenvalue weighted by Crippen LogP contribution is -2.72. The number of piperidine rings is 1.